The van der Waals surface area contributed by atoms with Gasteiger partial charge in [0, 0.05) is 0 Å². The summed E-state index contributed by atoms with van der Waals surface area (Å²) < 4.78 is 4.53. The highest BCUT2D eigenvalue weighted by molar-refractivity contribution is 5.80. The Kier molecular flexibility index (Phi) is 4.80. The molecule has 0 saturated heterocycles. The summed E-state index contributed by atoms with van der Waals surface area (Å²) in [4.78, 5) is 11.3. The van der Waals surface area contributed by atoms with Crippen LogP contribution in [0, 0.1) is 5.92 Å². The molecule has 0 aromatic rings. The molecule has 0 aliphatic heterocycles. The van der Waals surface area contributed by atoms with Crippen LogP contribution in [0.4, 0.5) is 0 Å². The fraction of sp³-hybridized carbons (Fsp3) is 0.700. The van der Waals surface area contributed by atoms with Gasteiger partial charge in [-0.2, -0.15) is 0 Å². The monoisotopic (exact) mass is 201 g/mol. The lowest BCUT2D eigenvalue weighted by molar-refractivity contribution is -0.149. The first kappa shape index (κ1) is 13.1. The molecule has 2 atom stereocenters. The molecule has 0 fully saturated rings. The Morgan fingerprint density at radius 1 is 1.71 bits per heavy atom. The number of ether oxygens (including phenoxy) is 1. The van der Waals surface area contributed by atoms with Gasteiger partial charge in [-0.05, 0) is 19.3 Å². The Labute approximate surface area is 84.7 Å². The molecule has 2 unspecified atom stereocenters. The van der Waals surface area contributed by atoms with Crippen LogP contribution in [0.1, 0.15) is 20.3 Å². The van der Waals surface area contributed by atoms with Crippen molar-refractivity contribution in [1.82, 2.24) is 0 Å². The number of hydrogen-bond acceptors (Lipinski definition) is 4. The summed E-state index contributed by atoms with van der Waals surface area (Å²) in [5.74, 6) is -0.514. The van der Waals surface area contributed by atoms with Gasteiger partial charge in [-0.25, -0.2) is 4.79 Å². The number of aliphatic hydroxyl groups excluding tert-OH is 1. The Hall–Kier alpha value is -0.870. The minimum absolute atomic E-state index is 0.0752. The Balaban J connectivity index is 4.55. The first-order valence-electron chi connectivity index (χ1n) is 4.51. The molecule has 4 heteroatoms. The number of methoxy groups -OCH3 is 1. The van der Waals surface area contributed by atoms with Crippen molar-refractivity contribution in [1.29, 1.82) is 0 Å². The van der Waals surface area contributed by atoms with Crippen molar-refractivity contribution in [3.05, 3.63) is 12.2 Å². The number of carbonyl (C=O) groups excluding carboxylic acids is 1. The second kappa shape index (κ2) is 5.12. The zero-order valence-corrected chi connectivity index (χ0v) is 9.04. The van der Waals surface area contributed by atoms with Crippen LogP contribution in [0.5, 0.6) is 0 Å². The molecule has 0 radical (unpaired) electrons. The standard InChI is InChI=1S/C10H19NO3/c1-7(2)8(3)5-10(11,6-12)9(13)14-4/h8,12H,1,5-6,11H2,2-4H3. The van der Waals surface area contributed by atoms with E-state index in [1.165, 1.54) is 7.11 Å². The molecule has 0 bridgehead atoms. The van der Waals surface area contributed by atoms with E-state index >= 15 is 0 Å². The molecule has 82 valence electrons. The molecule has 0 aromatic heterocycles. The van der Waals surface area contributed by atoms with Gasteiger partial charge in [0.25, 0.3) is 0 Å². The number of esters is 1. The van der Waals surface area contributed by atoms with Crippen molar-refractivity contribution in [2.45, 2.75) is 25.8 Å². The third kappa shape index (κ3) is 3.12. The quantitative estimate of drug-likeness (QED) is 0.500. The van der Waals surface area contributed by atoms with Gasteiger partial charge in [0.15, 0.2) is 0 Å². The number of allylic oxidation sites excluding steroid dienone is 1. The van der Waals surface area contributed by atoms with Gasteiger partial charge in [0.2, 0.25) is 0 Å². The molecule has 0 heterocycles. The fourth-order valence-corrected chi connectivity index (χ4v) is 1.14. The predicted octanol–water partition coefficient (Wildman–Crippen LogP) is 0.451. The Morgan fingerprint density at radius 3 is 2.50 bits per heavy atom. The molecule has 0 aliphatic rings. The van der Waals surface area contributed by atoms with E-state index in [1.807, 2.05) is 13.8 Å². The lowest BCUT2D eigenvalue weighted by atomic mass is 9.86. The SMILES string of the molecule is C=C(C)C(C)CC(N)(CO)C(=O)OC. The van der Waals surface area contributed by atoms with Gasteiger partial charge >= 0.3 is 5.97 Å². The lowest BCUT2D eigenvalue weighted by Gasteiger charge is -2.27. The van der Waals surface area contributed by atoms with E-state index in [2.05, 4.69) is 11.3 Å². The highest BCUT2D eigenvalue weighted by Gasteiger charge is 2.36. The first-order chi connectivity index (χ1) is 6.37. The zero-order chi connectivity index (χ0) is 11.4. The molecule has 14 heavy (non-hydrogen) atoms. The number of nitrogens with two attached hydrogens (primary N) is 1. The minimum Gasteiger partial charge on any atom is -0.468 e. The van der Waals surface area contributed by atoms with Crippen molar-refractivity contribution in [2.24, 2.45) is 11.7 Å². The van der Waals surface area contributed by atoms with Gasteiger partial charge in [-0.15, -0.1) is 0 Å². The smallest absolute Gasteiger partial charge is 0.328 e. The van der Waals surface area contributed by atoms with Gasteiger partial charge in [-0.3, -0.25) is 0 Å². The maximum Gasteiger partial charge on any atom is 0.328 e. The largest absolute Gasteiger partial charge is 0.468 e. The summed E-state index contributed by atoms with van der Waals surface area (Å²) in [6.45, 7) is 7.12. The number of rotatable bonds is 5. The molecular weight excluding hydrogens is 182 g/mol. The van der Waals surface area contributed by atoms with Crippen molar-refractivity contribution in [3.63, 3.8) is 0 Å². The van der Waals surface area contributed by atoms with E-state index in [0.717, 1.165) is 5.57 Å². The molecular formula is C10H19NO3. The summed E-state index contributed by atoms with van der Waals surface area (Å²) in [5, 5.41) is 9.06. The van der Waals surface area contributed by atoms with E-state index in [1.54, 1.807) is 0 Å². The number of hydrogen-bond donors (Lipinski definition) is 2. The third-order valence-corrected chi connectivity index (χ3v) is 2.39. The Morgan fingerprint density at radius 2 is 2.21 bits per heavy atom. The normalized spacial score (nSPS) is 16.9. The van der Waals surface area contributed by atoms with Crippen LogP contribution in [0.25, 0.3) is 0 Å². The molecule has 3 N–H and O–H groups in total. The summed E-state index contributed by atoms with van der Waals surface area (Å²) in [6.07, 6.45) is 0.339. The highest BCUT2D eigenvalue weighted by atomic mass is 16.5. The lowest BCUT2D eigenvalue weighted by Crippen LogP contribution is -2.53. The van der Waals surface area contributed by atoms with Crippen molar-refractivity contribution in [3.8, 4) is 0 Å². The molecule has 0 aromatic carbocycles. The third-order valence-electron chi connectivity index (χ3n) is 2.39. The molecule has 0 aliphatic carbocycles. The van der Waals surface area contributed by atoms with Gasteiger partial charge in [0.1, 0.15) is 5.54 Å². The molecule has 0 spiro atoms. The van der Waals surface area contributed by atoms with Gasteiger partial charge in [-0.1, -0.05) is 19.1 Å². The van der Waals surface area contributed by atoms with E-state index in [-0.39, 0.29) is 5.92 Å². The predicted molar refractivity (Wildman–Crippen MR) is 54.6 cm³/mol. The topological polar surface area (TPSA) is 72.5 Å². The van der Waals surface area contributed by atoms with Crippen LogP contribution in [-0.2, 0) is 9.53 Å². The summed E-state index contributed by atoms with van der Waals surface area (Å²) in [6, 6.07) is 0. The molecule has 0 rings (SSSR count). The fourth-order valence-electron chi connectivity index (χ4n) is 1.14. The van der Waals surface area contributed by atoms with E-state index in [0.29, 0.717) is 6.42 Å². The number of aliphatic hydroxyl groups is 1. The van der Waals surface area contributed by atoms with Crippen LogP contribution in [-0.4, -0.2) is 30.3 Å². The summed E-state index contributed by atoms with van der Waals surface area (Å²) >= 11 is 0. The molecule has 0 amide bonds. The second-order valence-electron chi connectivity index (χ2n) is 3.76. The molecule has 0 saturated carbocycles. The maximum atomic E-state index is 11.3. The first-order valence-corrected chi connectivity index (χ1v) is 4.51. The Bertz CT molecular complexity index is 227. The number of carbonyl (C=O) groups is 1. The van der Waals surface area contributed by atoms with Crippen LogP contribution < -0.4 is 5.73 Å². The van der Waals surface area contributed by atoms with Crippen LogP contribution in [0.3, 0.4) is 0 Å². The second-order valence-corrected chi connectivity index (χ2v) is 3.76. The van der Waals surface area contributed by atoms with Crippen molar-refractivity contribution >= 4 is 5.97 Å². The molecule has 4 nitrogen and oxygen atoms in total. The van der Waals surface area contributed by atoms with Crippen molar-refractivity contribution < 1.29 is 14.6 Å². The van der Waals surface area contributed by atoms with Crippen LogP contribution in [0.2, 0.25) is 0 Å². The minimum atomic E-state index is -1.31. The maximum absolute atomic E-state index is 11.3. The average Bonchev–Trinajstić information content (AvgIpc) is 2.15. The van der Waals surface area contributed by atoms with E-state index in [9.17, 15) is 4.79 Å². The summed E-state index contributed by atoms with van der Waals surface area (Å²) in [5.41, 5.74) is 5.34. The van der Waals surface area contributed by atoms with Crippen LogP contribution in [0.15, 0.2) is 12.2 Å². The highest BCUT2D eigenvalue weighted by Crippen LogP contribution is 2.20. The van der Waals surface area contributed by atoms with Crippen LogP contribution >= 0.6 is 0 Å². The average molecular weight is 201 g/mol. The van der Waals surface area contributed by atoms with E-state index in [4.69, 9.17) is 10.8 Å². The zero-order valence-electron chi connectivity index (χ0n) is 9.04. The van der Waals surface area contributed by atoms with Crippen molar-refractivity contribution in [2.75, 3.05) is 13.7 Å². The van der Waals surface area contributed by atoms with Gasteiger partial charge < -0.3 is 15.6 Å². The summed E-state index contributed by atoms with van der Waals surface area (Å²) in [7, 11) is 1.25. The van der Waals surface area contributed by atoms with E-state index < -0.39 is 18.1 Å². The van der Waals surface area contributed by atoms with Gasteiger partial charge in [0.05, 0.1) is 13.7 Å².